The van der Waals surface area contributed by atoms with Gasteiger partial charge in [-0.2, -0.15) is 0 Å². The highest BCUT2D eigenvalue weighted by molar-refractivity contribution is 7.90. The predicted octanol–water partition coefficient (Wildman–Crippen LogP) is -0.379. The summed E-state index contributed by atoms with van der Waals surface area (Å²) in [6, 6.07) is 0. The van der Waals surface area contributed by atoms with E-state index in [9.17, 15) is 8.42 Å². The Labute approximate surface area is 104 Å². The van der Waals surface area contributed by atoms with Gasteiger partial charge in [0.05, 0.1) is 11.4 Å². The maximum atomic E-state index is 10.9. The summed E-state index contributed by atoms with van der Waals surface area (Å²) >= 11 is 0. The molecule has 0 aromatic rings. The largest absolute Gasteiger partial charge is 0.377 e. The highest BCUT2D eigenvalue weighted by Gasteiger charge is 2.16. The van der Waals surface area contributed by atoms with Crippen LogP contribution in [0.5, 0.6) is 0 Å². The van der Waals surface area contributed by atoms with E-state index in [-0.39, 0.29) is 11.4 Å². The van der Waals surface area contributed by atoms with Gasteiger partial charge in [-0.1, -0.05) is 0 Å². The van der Waals surface area contributed by atoms with Gasteiger partial charge < -0.3 is 15.4 Å². The number of hydrogen-bond acceptors (Lipinski definition) is 4. The van der Waals surface area contributed by atoms with Gasteiger partial charge in [-0.3, -0.25) is 4.99 Å². The first-order valence-electron chi connectivity index (χ1n) is 5.37. The Morgan fingerprint density at radius 1 is 1.35 bits per heavy atom. The quantitative estimate of drug-likeness (QED) is 0.505. The maximum absolute atomic E-state index is 10.9. The van der Waals surface area contributed by atoms with Crippen LogP contribution >= 0.6 is 0 Å². The Balaban J connectivity index is 4.03. The molecule has 0 fully saturated rings. The third-order valence-corrected chi connectivity index (χ3v) is 3.17. The first-order chi connectivity index (χ1) is 7.70. The van der Waals surface area contributed by atoms with E-state index >= 15 is 0 Å². The number of hydrogen-bond donors (Lipinski definition) is 2. The molecule has 17 heavy (non-hydrogen) atoms. The lowest BCUT2D eigenvalue weighted by Crippen LogP contribution is -2.46. The summed E-state index contributed by atoms with van der Waals surface area (Å²) in [5.74, 6) is 0.653. The SMILES string of the molecule is CN=C(NCCS(C)(=O)=O)NCC(C)(C)OC. The Morgan fingerprint density at radius 3 is 2.35 bits per heavy atom. The first kappa shape index (κ1) is 16.2. The number of guanidine groups is 1. The Kier molecular flexibility index (Phi) is 6.48. The number of nitrogens with one attached hydrogen (secondary N) is 2. The Morgan fingerprint density at radius 2 is 1.94 bits per heavy atom. The molecule has 7 heteroatoms. The molecule has 0 aliphatic rings. The lowest BCUT2D eigenvalue weighted by Gasteiger charge is -2.24. The number of nitrogens with zero attached hydrogens (tertiary/aromatic N) is 1. The predicted molar refractivity (Wildman–Crippen MR) is 70.2 cm³/mol. The molecule has 0 bridgehead atoms. The van der Waals surface area contributed by atoms with Gasteiger partial charge in [-0.25, -0.2) is 8.42 Å². The fourth-order valence-electron chi connectivity index (χ4n) is 0.944. The normalized spacial score (nSPS) is 13.6. The molecule has 0 aromatic carbocycles. The molecule has 0 saturated heterocycles. The summed E-state index contributed by atoms with van der Waals surface area (Å²) in [4.78, 5) is 3.99. The number of methoxy groups -OCH3 is 1. The zero-order chi connectivity index (χ0) is 13.5. The summed E-state index contributed by atoms with van der Waals surface area (Å²) in [5.41, 5.74) is -0.297. The van der Waals surface area contributed by atoms with Crippen molar-refractivity contribution in [3.63, 3.8) is 0 Å². The molecule has 0 aliphatic carbocycles. The van der Waals surface area contributed by atoms with Crippen LogP contribution in [-0.2, 0) is 14.6 Å². The molecular weight excluding hydrogens is 242 g/mol. The zero-order valence-corrected chi connectivity index (χ0v) is 12.0. The summed E-state index contributed by atoms with van der Waals surface area (Å²) < 4.78 is 27.1. The van der Waals surface area contributed by atoms with E-state index in [2.05, 4.69) is 15.6 Å². The minimum absolute atomic E-state index is 0.0847. The lowest BCUT2D eigenvalue weighted by molar-refractivity contribution is 0.0268. The van der Waals surface area contributed by atoms with Crippen molar-refractivity contribution in [2.24, 2.45) is 4.99 Å². The molecule has 0 spiro atoms. The van der Waals surface area contributed by atoms with Crippen LogP contribution in [0.25, 0.3) is 0 Å². The highest BCUT2D eigenvalue weighted by atomic mass is 32.2. The van der Waals surface area contributed by atoms with Crippen LogP contribution in [0.2, 0.25) is 0 Å². The van der Waals surface area contributed by atoms with Crippen molar-refractivity contribution >= 4 is 15.8 Å². The average Bonchev–Trinajstić information content (AvgIpc) is 2.21. The van der Waals surface area contributed by atoms with Gasteiger partial charge in [0, 0.05) is 33.5 Å². The smallest absolute Gasteiger partial charge is 0.191 e. The molecule has 0 amide bonds. The molecule has 0 radical (unpaired) electrons. The van der Waals surface area contributed by atoms with Crippen LogP contribution in [0.1, 0.15) is 13.8 Å². The van der Waals surface area contributed by atoms with Gasteiger partial charge in [0.25, 0.3) is 0 Å². The van der Waals surface area contributed by atoms with E-state index in [1.54, 1.807) is 14.2 Å². The van der Waals surface area contributed by atoms with Gasteiger partial charge in [0.15, 0.2) is 5.96 Å². The average molecular weight is 265 g/mol. The second-order valence-corrected chi connectivity index (χ2v) is 6.71. The number of sulfone groups is 1. The Bertz CT molecular complexity index is 350. The van der Waals surface area contributed by atoms with Gasteiger partial charge in [0.2, 0.25) is 0 Å². The fraction of sp³-hybridized carbons (Fsp3) is 0.900. The number of rotatable bonds is 6. The molecule has 0 atom stereocenters. The summed E-state index contributed by atoms with van der Waals surface area (Å²) in [5, 5.41) is 5.99. The number of ether oxygens (including phenoxy) is 1. The fourth-order valence-corrected chi connectivity index (χ4v) is 1.42. The molecule has 2 N–H and O–H groups in total. The van der Waals surface area contributed by atoms with E-state index < -0.39 is 9.84 Å². The van der Waals surface area contributed by atoms with E-state index in [0.29, 0.717) is 19.0 Å². The molecule has 0 aromatic heterocycles. The van der Waals surface area contributed by atoms with Crippen LogP contribution in [0, 0.1) is 0 Å². The van der Waals surface area contributed by atoms with E-state index in [1.807, 2.05) is 13.8 Å². The van der Waals surface area contributed by atoms with Crippen molar-refractivity contribution in [1.82, 2.24) is 10.6 Å². The standard InChI is InChI=1S/C10H23N3O3S/c1-10(2,16-4)8-13-9(11-3)12-6-7-17(5,14)15/h6-8H2,1-5H3,(H2,11,12,13). The van der Waals surface area contributed by atoms with Crippen molar-refractivity contribution in [3.8, 4) is 0 Å². The molecule has 0 saturated carbocycles. The summed E-state index contributed by atoms with van der Waals surface area (Å²) in [7, 11) is 0.329. The summed E-state index contributed by atoms with van der Waals surface area (Å²) in [6.45, 7) is 4.82. The highest BCUT2D eigenvalue weighted by Crippen LogP contribution is 2.04. The van der Waals surface area contributed by atoms with Crippen molar-refractivity contribution in [2.45, 2.75) is 19.4 Å². The topological polar surface area (TPSA) is 79.8 Å². The van der Waals surface area contributed by atoms with Crippen LogP contribution < -0.4 is 10.6 Å². The minimum Gasteiger partial charge on any atom is -0.377 e. The number of aliphatic imine (C=N–C) groups is 1. The molecule has 6 nitrogen and oxygen atoms in total. The molecule has 0 aliphatic heterocycles. The van der Waals surface area contributed by atoms with Crippen LogP contribution in [0.4, 0.5) is 0 Å². The van der Waals surface area contributed by atoms with Crippen LogP contribution in [-0.4, -0.2) is 59.2 Å². The summed E-state index contributed by atoms with van der Waals surface area (Å²) in [6.07, 6.45) is 1.21. The second-order valence-electron chi connectivity index (χ2n) is 4.45. The first-order valence-corrected chi connectivity index (χ1v) is 7.43. The van der Waals surface area contributed by atoms with Crippen molar-refractivity contribution in [1.29, 1.82) is 0 Å². The van der Waals surface area contributed by atoms with Crippen LogP contribution in [0.15, 0.2) is 4.99 Å². The molecule has 0 heterocycles. The maximum Gasteiger partial charge on any atom is 0.191 e. The van der Waals surface area contributed by atoms with Gasteiger partial charge in [-0.05, 0) is 13.8 Å². The van der Waals surface area contributed by atoms with Gasteiger partial charge in [0.1, 0.15) is 9.84 Å². The van der Waals surface area contributed by atoms with E-state index in [1.165, 1.54) is 6.26 Å². The zero-order valence-electron chi connectivity index (χ0n) is 11.2. The van der Waals surface area contributed by atoms with Crippen LogP contribution in [0.3, 0.4) is 0 Å². The second kappa shape index (κ2) is 6.80. The van der Waals surface area contributed by atoms with Crippen molar-refractivity contribution in [3.05, 3.63) is 0 Å². The molecule has 0 unspecified atom stereocenters. The third kappa shape index (κ3) is 8.93. The molecular formula is C10H23N3O3S. The Hall–Kier alpha value is -0.820. The third-order valence-electron chi connectivity index (χ3n) is 2.22. The monoisotopic (exact) mass is 265 g/mol. The van der Waals surface area contributed by atoms with Crippen molar-refractivity contribution < 1.29 is 13.2 Å². The lowest BCUT2D eigenvalue weighted by atomic mass is 10.1. The molecule has 0 rings (SSSR count). The van der Waals surface area contributed by atoms with E-state index in [4.69, 9.17) is 4.74 Å². The van der Waals surface area contributed by atoms with Crippen molar-refractivity contribution in [2.75, 3.05) is 39.3 Å². The van der Waals surface area contributed by atoms with Gasteiger partial charge in [-0.15, -0.1) is 0 Å². The van der Waals surface area contributed by atoms with E-state index in [0.717, 1.165) is 0 Å². The minimum atomic E-state index is -2.95. The van der Waals surface area contributed by atoms with Gasteiger partial charge >= 0.3 is 0 Å². The molecule has 102 valence electrons.